The second-order valence-electron chi connectivity index (χ2n) is 4.11. The lowest BCUT2D eigenvalue weighted by Crippen LogP contribution is -2.17. The fraction of sp³-hybridized carbons (Fsp3) is 0.0714. The van der Waals surface area contributed by atoms with Gasteiger partial charge in [-0.25, -0.2) is 9.38 Å². The minimum Gasteiger partial charge on any atom is -0.486 e. The van der Waals surface area contributed by atoms with E-state index in [1.807, 2.05) is 22.9 Å². The topological polar surface area (TPSA) is 59.1 Å². The van der Waals surface area contributed by atoms with Crippen molar-refractivity contribution in [2.24, 2.45) is 0 Å². The number of rotatable bonds is 4. The lowest BCUT2D eigenvalue weighted by molar-refractivity contribution is -0.513. The minimum atomic E-state index is 0.420. The monoisotopic (exact) mass is 254 g/mol. The molecule has 0 saturated heterocycles. The molecule has 0 aliphatic heterocycles. The molecule has 0 radical (unpaired) electrons. The summed E-state index contributed by atoms with van der Waals surface area (Å²) in [6.07, 6.45) is 6.39. The van der Waals surface area contributed by atoms with Crippen molar-refractivity contribution in [3.05, 3.63) is 60.2 Å². The summed E-state index contributed by atoms with van der Waals surface area (Å²) in [4.78, 5) is 17.9. The Bertz CT molecular complexity index is 671. The second-order valence-corrected chi connectivity index (χ2v) is 4.11. The molecule has 0 unspecified atom stereocenters. The molecule has 0 bridgehead atoms. The summed E-state index contributed by atoms with van der Waals surface area (Å²) in [6, 6.07) is 8.87. The molecule has 2 aromatic heterocycles. The summed E-state index contributed by atoms with van der Waals surface area (Å²) in [7, 11) is 0. The van der Waals surface area contributed by atoms with Crippen molar-refractivity contribution < 1.29 is 13.9 Å². The van der Waals surface area contributed by atoms with E-state index in [0.717, 1.165) is 23.5 Å². The number of hydrogen-bond donors (Lipinski definition) is 1. The fourth-order valence-corrected chi connectivity index (χ4v) is 1.80. The number of fused-ring (bicyclic) bond motifs is 1. The number of aldehydes is 1. The SMILES string of the molecule is O=Cc1ccc(OCc2c[n+]3cccnc3[nH]2)cc1. The molecule has 5 heteroatoms. The predicted octanol–water partition coefficient (Wildman–Crippen LogP) is 1.54. The smallest absolute Gasteiger partial charge is 0.401 e. The van der Waals surface area contributed by atoms with E-state index in [9.17, 15) is 4.79 Å². The number of nitrogens with zero attached hydrogens (tertiary/aromatic N) is 2. The van der Waals surface area contributed by atoms with Gasteiger partial charge in [-0.1, -0.05) is 4.98 Å². The van der Waals surface area contributed by atoms with Crippen LogP contribution in [0.5, 0.6) is 5.75 Å². The first kappa shape index (κ1) is 11.4. The van der Waals surface area contributed by atoms with Crippen LogP contribution in [0, 0.1) is 0 Å². The van der Waals surface area contributed by atoms with E-state index >= 15 is 0 Å². The highest BCUT2D eigenvalue weighted by atomic mass is 16.5. The average Bonchev–Trinajstić information content (AvgIpc) is 2.88. The highest BCUT2D eigenvalue weighted by molar-refractivity contribution is 5.74. The van der Waals surface area contributed by atoms with Crippen LogP contribution in [0.25, 0.3) is 5.78 Å². The van der Waals surface area contributed by atoms with Crippen LogP contribution in [0.4, 0.5) is 0 Å². The van der Waals surface area contributed by atoms with Gasteiger partial charge in [0.05, 0.1) is 6.20 Å². The summed E-state index contributed by atoms with van der Waals surface area (Å²) in [5.41, 5.74) is 1.57. The summed E-state index contributed by atoms with van der Waals surface area (Å²) < 4.78 is 7.53. The average molecular weight is 254 g/mol. The van der Waals surface area contributed by atoms with Gasteiger partial charge in [-0.15, -0.1) is 0 Å². The van der Waals surface area contributed by atoms with Crippen molar-refractivity contribution in [1.82, 2.24) is 9.97 Å². The Hall–Kier alpha value is -2.69. The maximum atomic E-state index is 10.5. The van der Waals surface area contributed by atoms with Crippen LogP contribution in [0.3, 0.4) is 0 Å². The molecule has 0 aliphatic carbocycles. The molecule has 94 valence electrons. The van der Waals surface area contributed by atoms with Gasteiger partial charge in [0.1, 0.15) is 36.7 Å². The number of carbonyl (C=O) groups is 1. The van der Waals surface area contributed by atoms with Crippen LogP contribution in [0.1, 0.15) is 16.1 Å². The minimum absolute atomic E-state index is 0.420. The van der Waals surface area contributed by atoms with Crippen LogP contribution >= 0.6 is 0 Å². The number of hydrogen-bond acceptors (Lipinski definition) is 3. The largest absolute Gasteiger partial charge is 0.486 e. The van der Waals surface area contributed by atoms with Crippen LogP contribution in [0.2, 0.25) is 0 Å². The Morgan fingerprint density at radius 3 is 2.89 bits per heavy atom. The Balaban J connectivity index is 1.72. The van der Waals surface area contributed by atoms with Crippen molar-refractivity contribution in [2.45, 2.75) is 6.61 Å². The molecule has 0 fully saturated rings. The Morgan fingerprint density at radius 1 is 1.32 bits per heavy atom. The molecule has 0 saturated carbocycles. The van der Waals surface area contributed by atoms with E-state index in [0.29, 0.717) is 12.2 Å². The van der Waals surface area contributed by atoms with Gasteiger partial charge in [0.25, 0.3) is 0 Å². The molecule has 5 nitrogen and oxygen atoms in total. The zero-order valence-corrected chi connectivity index (χ0v) is 10.1. The van der Waals surface area contributed by atoms with Crippen molar-refractivity contribution in [2.75, 3.05) is 0 Å². The Labute approximate surface area is 109 Å². The number of ether oxygens (including phenoxy) is 1. The van der Waals surface area contributed by atoms with Gasteiger partial charge in [-0.2, -0.15) is 0 Å². The number of imidazole rings is 1. The van der Waals surface area contributed by atoms with E-state index in [4.69, 9.17) is 4.74 Å². The third kappa shape index (κ3) is 2.44. The van der Waals surface area contributed by atoms with Crippen LogP contribution < -0.4 is 9.14 Å². The molecule has 3 rings (SSSR count). The van der Waals surface area contributed by atoms with Gasteiger partial charge in [-0.3, -0.25) is 4.79 Å². The number of aromatic amines is 1. The third-order valence-electron chi connectivity index (χ3n) is 2.75. The summed E-state index contributed by atoms with van der Waals surface area (Å²) in [5, 5.41) is 0. The van der Waals surface area contributed by atoms with Crippen molar-refractivity contribution in [1.29, 1.82) is 0 Å². The van der Waals surface area contributed by atoms with Gasteiger partial charge in [0, 0.05) is 11.6 Å². The zero-order valence-electron chi connectivity index (χ0n) is 10.1. The second kappa shape index (κ2) is 4.89. The molecule has 0 spiro atoms. The van der Waals surface area contributed by atoms with E-state index in [2.05, 4.69) is 9.97 Å². The quantitative estimate of drug-likeness (QED) is 0.567. The van der Waals surface area contributed by atoms with E-state index < -0.39 is 0 Å². The first-order valence-electron chi connectivity index (χ1n) is 5.87. The lowest BCUT2D eigenvalue weighted by atomic mass is 10.2. The maximum Gasteiger partial charge on any atom is 0.401 e. The highest BCUT2D eigenvalue weighted by Gasteiger charge is 2.08. The number of nitrogens with one attached hydrogen (secondary N) is 1. The van der Waals surface area contributed by atoms with E-state index in [1.54, 1.807) is 30.5 Å². The van der Waals surface area contributed by atoms with E-state index in [1.165, 1.54) is 0 Å². The molecule has 1 N–H and O–H groups in total. The van der Waals surface area contributed by atoms with Crippen LogP contribution in [-0.2, 0) is 6.61 Å². The molecule has 3 aromatic rings. The van der Waals surface area contributed by atoms with Gasteiger partial charge in [0.15, 0.2) is 0 Å². The molecular formula is C14H12N3O2+. The third-order valence-corrected chi connectivity index (χ3v) is 2.75. The lowest BCUT2D eigenvalue weighted by Gasteiger charge is -2.02. The standard InChI is InChI=1S/C14H11N3O2/c18-9-11-2-4-13(5-3-11)19-10-12-8-17-7-1-6-15-14(17)16-12/h1-9H,10H2/p+1. The molecule has 0 amide bonds. The number of carbonyl (C=O) groups excluding carboxylic acids is 1. The number of H-pyrrole nitrogens is 1. The molecule has 0 atom stereocenters. The number of aromatic nitrogens is 3. The maximum absolute atomic E-state index is 10.5. The fourth-order valence-electron chi connectivity index (χ4n) is 1.80. The first-order valence-corrected chi connectivity index (χ1v) is 5.87. The van der Waals surface area contributed by atoms with Gasteiger partial charge in [-0.05, 0) is 24.3 Å². The summed E-state index contributed by atoms with van der Waals surface area (Å²) >= 11 is 0. The number of benzene rings is 1. The summed E-state index contributed by atoms with van der Waals surface area (Å²) in [6.45, 7) is 0.420. The van der Waals surface area contributed by atoms with Crippen molar-refractivity contribution >= 4 is 12.1 Å². The molecule has 2 heterocycles. The highest BCUT2D eigenvalue weighted by Crippen LogP contribution is 2.12. The predicted molar refractivity (Wildman–Crippen MR) is 67.9 cm³/mol. The van der Waals surface area contributed by atoms with E-state index in [-0.39, 0.29) is 0 Å². The van der Waals surface area contributed by atoms with Crippen molar-refractivity contribution in [3.63, 3.8) is 0 Å². The van der Waals surface area contributed by atoms with Gasteiger partial charge in [0.2, 0.25) is 0 Å². The zero-order chi connectivity index (χ0) is 13.1. The molecular weight excluding hydrogens is 242 g/mol. The molecule has 0 aliphatic rings. The summed E-state index contributed by atoms with van der Waals surface area (Å²) in [5.74, 6) is 1.50. The Kier molecular flexibility index (Phi) is 2.94. The van der Waals surface area contributed by atoms with Crippen LogP contribution in [0.15, 0.2) is 48.9 Å². The molecule has 1 aromatic carbocycles. The normalized spacial score (nSPS) is 10.5. The van der Waals surface area contributed by atoms with Crippen molar-refractivity contribution in [3.8, 4) is 5.75 Å². The van der Waals surface area contributed by atoms with Gasteiger partial charge < -0.3 is 4.74 Å². The Morgan fingerprint density at radius 2 is 2.16 bits per heavy atom. The molecule has 19 heavy (non-hydrogen) atoms. The van der Waals surface area contributed by atoms with Gasteiger partial charge >= 0.3 is 5.78 Å². The first-order chi connectivity index (χ1) is 9.35. The van der Waals surface area contributed by atoms with Crippen LogP contribution in [-0.4, -0.2) is 16.3 Å².